The van der Waals surface area contributed by atoms with Crippen LogP contribution in [0.2, 0.25) is 0 Å². The Bertz CT molecular complexity index is 792. The van der Waals surface area contributed by atoms with Crippen molar-refractivity contribution in [1.29, 1.82) is 0 Å². The first kappa shape index (κ1) is 52.1. The maximum absolute atomic E-state index is 13.5. The van der Waals surface area contributed by atoms with Crippen LogP contribution >= 0.6 is 15.2 Å². The molecule has 8 N–H and O–H groups in total. The summed E-state index contributed by atoms with van der Waals surface area (Å²) < 4.78 is 50.7. The van der Waals surface area contributed by atoms with Gasteiger partial charge in [-0.1, -0.05) is 91.9 Å². The van der Waals surface area contributed by atoms with Crippen LogP contribution in [0.1, 0.15) is 130 Å². The lowest BCUT2D eigenvalue weighted by Gasteiger charge is -2.25. The number of rotatable bonds is 41. The van der Waals surface area contributed by atoms with Crippen LogP contribution in [0.25, 0.3) is 0 Å². The molecule has 0 aromatic rings. The predicted molar refractivity (Wildman–Crippen MR) is 221 cm³/mol. The summed E-state index contributed by atoms with van der Waals surface area (Å²) in [6.07, 6.45) is 18.3. The van der Waals surface area contributed by atoms with E-state index in [-0.39, 0.29) is 0 Å². The SMILES string of the molecule is CC(C)COP(=O)(CCN(CCCN)CCCN)OCCCCCCCCCCCCCCOP(=O)(CCN(CCCN)CCCN)OCC(C)C. The molecule has 0 radical (unpaired) electrons. The summed E-state index contributed by atoms with van der Waals surface area (Å²) in [5.74, 6) is 0.602. The molecule has 0 aliphatic heterocycles. The molecule has 12 nitrogen and oxygen atoms in total. The second-order valence-electron chi connectivity index (χ2n) is 15.2. The van der Waals surface area contributed by atoms with E-state index in [1.807, 2.05) is 0 Å². The molecule has 0 amide bonds. The average Bonchev–Trinajstić information content (AvgIpc) is 3.12. The van der Waals surface area contributed by atoms with Gasteiger partial charge in [0.2, 0.25) is 0 Å². The lowest BCUT2D eigenvalue weighted by Crippen LogP contribution is -2.31. The van der Waals surface area contributed by atoms with E-state index in [2.05, 4.69) is 37.5 Å². The maximum atomic E-state index is 13.5. The highest BCUT2D eigenvalue weighted by Gasteiger charge is 2.27. The molecule has 2 atom stereocenters. The molecular weight excluding hydrogens is 698 g/mol. The van der Waals surface area contributed by atoms with Gasteiger partial charge in [0.25, 0.3) is 0 Å². The van der Waals surface area contributed by atoms with E-state index in [1.54, 1.807) is 0 Å². The highest BCUT2D eigenvalue weighted by molar-refractivity contribution is 7.54. The molecule has 14 heteroatoms. The molecule has 0 saturated carbocycles. The zero-order valence-electron chi connectivity index (χ0n) is 34.3. The van der Waals surface area contributed by atoms with E-state index >= 15 is 0 Å². The van der Waals surface area contributed by atoms with Gasteiger partial charge in [-0.15, -0.1) is 0 Å². The van der Waals surface area contributed by atoms with E-state index < -0.39 is 15.2 Å². The second kappa shape index (κ2) is 35.5. The molecule has 52 heavy (non-hydrogen) atoms. The van der Waals surface area contributed by atoms with Crippen LogP contribution in [-0.2, 0) is 27.2 Å². The largest absolute Gasteiger partial charge is 0.331 e. The molecule has 0 spiro atoms. The summed E-state index contributed by atoms with van der Waals surface area (Å²) in [6.45, 7) is 17.5. The van der Waals surface area contributed by atoms with Crippen LogP contribution in [0.5, 0.6) is 0 Å². The molecule has 0 heterocycles. The topological polar surface area (TPSA) is 182 Å². The highest BCUT2D eigenvalue weighted by atomic mass is 31.2. The zero-order chi connectivity index (χ0) is 38.8. The van der Waals surface area contributed by atoms with E-state index in [1.165, 1.54) is 51.4 Å². The summed E-state index contributed by atoms with van der Waals surface area (Å²) in [5.41, 5.74) is 22.9. The molecule has 0 fully saturated rings. The fraction of sp³-hybridized carbons (Fsp3) is 1.00. The molecule has 0 bridgehead atoms. The molecule has 2 unspecified atom stereocenters. The van der Waals surface area contributed by atoms with Crippen LogP contribution in [0.15, 0.2) is 0 Å². The Morgan fingerprint density at radius 1 is 0.404 bits per heavy atom. The fourth-order valence-electron chi connectivity index (χ4n) is 5.70. The Kier molecular flexibility index (Phi) is 35.5. The number of nitrogens with two attached hydrogens (primary N) is 4. The third kappa shape index (κ3) is 32.3. The first-order valence-electron chi connectivity index (χ1n) is 21.0. The second-order valence-corrected chi connectivity index (χ2v) is 19.6. The van der Waals surface area contributed by atoms with Crippen molar-refractivity contribution in [3.63, 3.8) is 0 Å². The van der Waals surface area contributed by atoms with Gasteiger partial charge in [-0.25, -0.2) is 0 Å². The van der Waals surface area contributed by atoms with Crippen molar-refractivity contribution >= 4 is 15.2 Å². The van der Waals surface area contributed by atoms with Crippen LogP contribution < -0.4 is 22.9 Å². The smallest absolute Gasteiger partial charge is 0.330 e. The van der Waals surface area contributed by atoms with Gasteiger partial charge in [-0.3, -0.25) is 9.13 Å². The highest BCUT2D eigenvalue weighted by Crippen LogP contribution is 2.49. The van der Waals surface area contributed by atoms with Crippen molar-refractivity contribution in [2.45, 2.75) is 130 Å². The quantitative estimate of drug-likeness (QED) is 0.0356. The minimum Gasteiger partial charge on any atom is -0.330 e. The van der Waals surface area contributed by atoms with Gasteiger partial charge in [-0.05, 0) is 103 Å². The zero-order valence-corrected chi connectivity index (χ0v) is 36.1. The molecule has 314 valence electrons. The normalized spacial score (nSPS) is 14.6. The van der Waals surface area contributed by atoms with Gasteiger partial charge in [0.15, 0.2) is 0 Å². The average molecular weight is 785 g/mol. The Morgan fingerprint density at radius 2 is 0.673 bits per heavy atom. The van der Waals surface area contributed by atoms with Crippen molar-refractivity contribution in [2.75, 3.05) is 104 Å². The molecule has 0 aliphatic rings. The van der Waals surface area contributed by atoms with E-state index in [0.29, 0.717) is 89.9 Å². The Hall–Kier alpha value is 0.0600. The molecular formula is C38H86N6O6P2. The first-order valence-corrected chi connectivity index (χ1v) is 24.5. The maximum Gasteiger partial charge on any atom is 0.331 e. The molecule has 0 aromatic heterocycles. The fourth-order valence-corrected chi connectivity index (χ4v) is 9.28. The Labute approximate surface area is 321 Å². The summed E-state index contributed by atoms with van der Waals surface area (Å²) >= 11 is 0. The standard InChI is InChI=1S/C38H86N6O6P2/c1-37(2)35-49-51(45,33-29-43(25-17-21-39)26-18-22-40)47-31-15-13-11-9-7-5-6-8-10-12-14-16-32-48-52(46,50-36-38(3)4)34-30-44(27-19-23-41)28-20-24-42/h37-38H,5-36,39-42H2,1-4H3. The number of unbranched alkanes of at least 4 members (excludes halogenated alkanes) is 11. The van der Waals surface area contributed by atoms with E-state index in [9.17, 15) is 9.13 Å². The van der Waals surface area contributed by atoms with Crippen molar-refractivity contribution in [3.8, 4) is 0 Å². The van der Waals surface area contributed by atoms with Gasteiger partial charge >= 0.3 is 15.2 Å². The van der Waals surface area contributed by atoms with Gasteiger partial charge in [-0.2, -0.15) is 0 Å². The monoisotopic (exact) mass is 785 g/mol. The number of nitrogens with zero attached hydrogens (tertiary/aromatic N) is 2. The summed E-state index contributed by atoms with van der Waals surface area (Å²) in [5, 5.41) is 0. The lowest BCUT2D eigenvalue weighted by atomic mass is 10.1. The van der Waals surface area contributed by atoms with Crippen molar-refractivity contribution < 1.29 is 27.2 Å². The minimum atomic E-state index is -3.14. The van der Waals surface area contributed by atoms with Crippen molar-refractivity contribution in [1.82, 2.24) is 9.80 Å². The summed E-state index contributed by atoms with van der Waals surface area (Å²) in [4.78, 5) is 4.56. The van der Waals surface area contributed by atoms with Crippen LogP contribution in [0.4, 0.5) is 0 Å². The Morgan fingerprint density at radius 3 is 0.923 bits per heavy atom. The molecule has 0 rings (SSSR count). The minimum absolute atomic E-state index is 0.301. The van der Waals surface area contributed by atoms with Gasteiger partial charge in [0.1, 0.15) is 0 Å². The van der Waals surface area contributed by atoms with E-state index in [0.717, 1.165) is 77.5 Å². The summed E-state index contributed by atoms with van der Waals surface area (Å²) in [7, 11) is -6.28. The van der Waals surface area contributed by atoms with Crippen LogP contribution in [0, 0.1) is 11.8 Å². The number of hydrogen-bond donors (Lipinski definition) is 4. The molecule has 0 saturated heterocycles. The molecule has 0 aromatic carbocycles. The van der Waals surface area contributed by atoms with Crippen LogP contribution in [0.3, 0.4) is 0 Å². The van der Waals surface area contributed by atoms with Crippen molar-refractivity contribution in [2.24, 2.45) is 34.8 Å². The van der Waals surface area contributed by atoms with E-state index in [4.69, 9.17) is 41.0 Å². The predicted octanol–water partition coefficient (Wildman–Crippen LogP) is 7.43. The lowest BCUT2D eigenvalue weighted by molar-refractivity contribution is 0.178. The van der Waals surface area contributed by atoms with Gasteiger partial charge in [0, 0.05) is 13.1 Å². The number of hydrogen-bond acceptors (Lipinski definition) is 12. The van der Waals surface area contributed by atoms with Crippen LogP contribution in [-0.4, -0.2) is 114 Å². The third-order valence-corrected chi connectivity index (χ3v) is 12.7. The van der Waals surface area contributed by atoms with Gasteiger partial charge in [0.05, 0.1) is 38.8 Å². The van der Waals surface area contributed by atoms with Gasteiger partial charge < -0.3 is 50.8 Å². The first-order chi connectivity index (χ1) is 25.0. The summed E-state index contributed by atoms with van der Waals surface area (Å²) in [6, 6.07) is 0. The third-order valence-electron chi connectivity index (χ3n) is 8.92. The Balaban J connectivity index is 4.18. The van der Waals surface area contributed by atoms with Crippen molar-refractivity contribution in [3.05, 3.63) is 0 Å². The molecule has 0 aliphatic carbocycles.